The van der Waals surface area contributed by atoms with Crippen molar-refractivity contribution in [1.82, 2.24) is 25.4 Å². The van der Waals surface area contributed by atoms with E-state index in [1.165, 1.54) is 0 Å². The number of nitrogens with zero attached hydrogens (tertiary/aromatic N) is 3. The molecule has 2 N–H and O–H groups in total. The molecule has 7 heteroatoms. The molecule has 2 aromatic heterocycles. The Morgan fingerprint density at radius 2 is 2.22 bits per heavy atom. The number of aryl methyl sites for hydroxylation is 2. The number of amides is 2. The van der Waals surface area contributed by atoms with Gasteiger partial charge >= 0.3 is 6.03 Å². The van der Waals surface area contributed by atoms with Gasteiger partial charge in [-0.1, -0.05) is 18.9 Å². The Morgan fingerprint density at radius 3 is 2.96 bits per heavy atom. The summed E-state index contributed by atoms with van der Waals surface area (Å²) >= 11 is 0. The maximum Gasteiger partial charge on any atom is 0.318 e. The molecule has 0 bridgehead atoms. The van der Waals surface area contributed by atoms with Gasteiger partial charge in [-0.25, -0.2) is 9.78 Å². The lowest BCUT2D eigenvalue weighted by Crippen LogP contribution is -2.42. The highest BCUT2D eigenvalue weighted by atomic mass is 16.5. The smallest absolute Gasteiger partial charge is 0.318 e. The number of carbonyl (C=O) groups is 1. The van der Waals surface area contributed by atoms with Crippen molar-refractivity contribution in [2.45, 2.75) is 59.0 Å². The molecule has 1 aliphatic rings. The molecular weight excluding hydrogens is 342 g/mol. The highest BCUT2D eigenvalue weighted by Crippen LogP contribution is 2.33. The van der Waals surface area contributed by atoms with Crippen LogP contribution in [0.3, 0.4) is 0 Å². The van der Waals surface area contributed by atoms with Crippen molar-refractivity contribution in [1.29, 1.82) is 0 Å². The van der Waals surface area contributed by atoms with Crippen LogP contribution in [0.1, 0.15) is 61.2 Å². The molecule has 0 radical (unpaired) electrons. The predicted molar refractivity (Wildman–Crippen MR) is 104 cm³/mol. The molecule has 27 heavy (non-hydrogen) atoms. The number of ether oxygens (including phenoxy) is 1. The summed E-state index contributed by atoms with van der Waals surface area (Å²) in [4.78, 5) is 19.3. The molecule has 1 saturated heterocycles. The lowest BCUT2D eigenvalue weighted by atomic mass is 9.99. The molecule has 0 aliphatic carbocycles. The molecule has 146 valence electrons. The Bertz CT molecular complexity index is 754. The number of carbonyl (C=O) groups excluding carboxylic acids is 1. The third kappa shape index (κ3) is 4.40. The topological polar surface area (TPSA) is 83.1 Å². The number of aromatic amines is 1. The van der Waals surface area contributed by atoms with Crippen LogP contribution in [0.15, 0.2) is 18.3 Å². The van der Waals surface area contributed by atoms with E-state index in [-0.39, 0.29) is 12.1 Å². The molecule has 2 aromatic rings. The Hall–Kier alpha value is -2.57. The monoisotopic (exact) mass is 371 g/mol. The number of aromatic nitrogens is 3. The van der Waals surface area contributed by atoms with E-state index in [1.54, 1.807) is 6.20 Å². The van der Waals surface area contributed by atoms with E-state index in [0.29, 0.717) is 19.0 Å². The fourth-order valence-corrected chi connectivity index (χ4v) is 3.80. The number of hydrogen-bond donors (Lipinski definition) is 2. The van der Waals surface area contributed by atoms with Crippen LogP contribution in [-0.2, 0) is 6.54 Å². The highest BCUT2D eigenvalue weighted by Gasteiger charge is 2.30. The van der Waals surface area contributed by atoms with Gasteiger partial charge in [-0.05, 0) is 39.7 Å². The second-order valence-corrected chi connectivity index (χ2v) is 6.97. The van der Waals surface area contributed by atoms with Crippen molar-refractivity contribution in [3.63, 3.8) is 0 Å². The number of likely N-dealkylation sites (tertiary alicyclic amines) is 1. The van der Waals surface area contributed by atoms with Gasteiger partial charge in [-0.2, -0.15) is 5.10 Å². The molecule has 3 rings (SSSR count). The van der Waals surface area contributed by atoms with Crippen molar-refractivity contribution >= 4 is 6.03 Å². The standard InChI is InChI=1S/C20H29N5O2/c1-4-27-19-16(9-8-11-21-19)13-22-20(26)25-12-7-5-6-10-17(25)18-14(2)23-24-15(18)3/h8-9,11,17H,4-7,10,12-13H2,1-3H3,(H,22,26)(H,23,24). The van der Waals surface area contributed by atoms with E-state index in [1.807, 2.05) is 37.8 Å². The first kappa shape index (κ1) is 19.2. The van der Waals surface area contributed by atoms with Gasteiger partial charge in [-0.15, -0.1) is 0 Å². The Balaban J connectivity index is 1.75. The lowest BCUT2D eigenvalue weighted by molar-refractivity contribution is 0.175. The van der Waals surface area contributed by atoms with Crippen molar-refractivity contribution in [3.05, 3.63) is 40.8 Å². The second kappa shape index (κ2) is 8.88. The van der Waals surface area contributed by atoms with Gasteiger partial charge in [0.05, 0.1) is 18.3 Å². The summed E-state index contributed by atoms with van der Waals surface area (Å²) in [6.07, 6.45) is 5.96. The van der Waals surface area contributed by atoms with Crippen LogP contribution < -0.4 is 10.1 Å². The van der Waals surface area contributed by atoms with Gasteiger partial charge in [0.2, 0.25) is 5.88 Å². The molecule has 3 heterocycles. The minimum atomic E-state index is -0.0480. The van der Waals surface area contributed by atoms with Crippen LogP contribution in [0, 0.1) is 13.8 Å². The minimum absolute atomic E-state index is 0.0480. The maximum atomic E-state index is 13.0. The quantitative estimate of drug-likeness (QED) is 0.840. The largest absolute Gasteiger partial charge is 0.478 e. The van der Waals surface area contributed by atoms with Crippen molar-refractivity contribution in [2.75, 3.05) is 13.2 Å². The average Bonchev–Trinajstić information content (AvgIpc) is 2.86. The molecule has 7 nitrogen and oxygen atoms in total. The highest BCUT2D eigenvalue weighted by molar-refractivity contribution is 5.75. The second-order valence-electron chi connectivity index (χ2n) is 6.97. The number of H-pyrrole nitrogens is 1. The van der Waals surface area contributed by atoms with Crippen molar-refractivity contribution in [3.8, 4) is 5.88 Å². The third-order valence-corrected chi connectivity index (χ3v) is 5.09. The number of pyridine rings is 1. The van der Waals surface area contributed by atoms with Crippen LogP contribution in [-0.4, -0.2) is 39.3 Å². The van der Waals surface area contributed by atoms with Gasteiger partial charge in [0.15, 0.2) is 0 Å². The lowest BCUT2D eigenvalue weighted by Gasteiger charge is -2.30. The molecule has 0 aromatic carbocycles. The summed E-state index contributed by atoms with van der Waals surface area (Å²) in [6, 6.07) is 3.80. The molecule has 0 saturated carbocycles. The maximum absolute atomic E-state index is 13.0. The van der Waals surface area contributed by atoms with Crippen LogP contribution in [0.25, 0.3) is 0 Å². The van der Waals surface area contributed by atoms with Gasteiger partial charge in [0.1, 0.15) is 0 Å². The average molecular weight is 371 g/mol. The van der Waals surface area contributed by atoms with Crippen LogP contribution in [0.4, 0.5) is 4.79 Å². The molecule has 1 aliphatic heterocycles. The molecule has 0 spiro atoms. The van der Waals surface area contributed by atoms with E-state index in [4.69, 9.17) is 4.74 Å². The minimum Gasteiger partial charge on any atom is -0.478 e. The first-order valence-electron chi connectivity index (χ1n) is 9.74. The summed E-state index contributed by atoms with van der Waals surface area (Å²) < 4.78 is 5.56. The van der Waals surface area contributed by atoms with Crippen LogP contribution in [0.2, 0.25) is 0 Å². The zero-order chi connectivity index (χ0) is 19.2. The Morgan fingerprint density at radius 1 is 1.37 bits per heavy atom. The first-order chi connectivity index (χ1) is 13.1. The summed E-state index contributed by atoms with van der Waals surface area (Å²) in [6.45, 7) is 7.66. The molecule has 1 unspecified atom stereocenters. The van der Waals surface area contributed by atoms with Crippen LogP contribution >= 0.6 is 0 Å². The third-order valence-electron chi connectivity index (χ3n) is 5.09. The van der Waals surface area contributed by atoms with Crippen molar-refractivity contribution in [2.24, 2.45) is 0 Å². The fraction of sp³-hybridized carbons (Fsp3) is 0.550. The first-order valence-corrected chi connectivity index (χ1v) is 9.74. The predicted octanol–water partition coefficient (Wildman–Crippen LogP) is 3.65. The molecule has 1 fully saturated rings. The summed E-state index contributed by atoms with van der Waals surface area (Å²) in [5.41, 5.74) is 4.06. The Kier molecular flexibility index (Phi) is 6.32. The Labute approximate surface area is 160 Å². The fourth-order valence-electron chi connectivity index (χ4n) is 3.80. The SMILES string of the molecule is CCOc1ncccc1CNC(=O)N1CCCCCC1c1c(C)n[nH]c1C. The summed E-state index contributed by atoms with van der Waals surface area (Å²) in [5.74, 6) is 0.578. The van der Waals surface area contributed by atoms with Gasteiger partial charge < -0.3 is 15.0 Å². The number of nitrogens with one attached hydrogen (secondary N) is 2. The van der Waals surface area contributed by atoms with Gasteiger partial charge in [-0.3, -0.25) is 5.10 Å². The van der Waals surface area contributed by atoms with Gasteiger partial charge in [0.25, 0.3) is 0 Å². The summed E-state index contributed by atoms with van der Waals surface area (Å²) in [7, 11) is 0. The van der Waals surface area contributed by atoms with E-state index in [0.717, 1.165) is 54.7 Å². The van der Waals surface area contributed by atoms with Crippen molar-refractivity contribution < 1.29 is 9.53 Å². The molecular formula is C20H29N5O2. The molecule has 1 atom stereocenters. The molecule has 2 amide bonds. The van der Waals surface area contributed by atoms with Crippen LogP contribution in [0.5, 0.6) is 5.88 Å². The van der Waals surface area contributed by atoms with E-state index in [9.17, 15) is 4.79 Å². The zero-order valence-electron chi connectivity index (χ0n) is 16.4. The van der Waals surface area contributed by atoms with E-state index < -0.39 is 0 Å². The zero-order valence-corrected chi connectivity index (χ0v) is 16.4. The number of urea groups is 1. The number of rotatable bonds is 5. The van der Waals surface area contributed by atoms with E-state index >= 15 is 0 Å². The van der Waals surface area contributed by atoms with E-state index in [2.05, 4.69) is 20.5 Å². The number of hydrogen-bond acceptors (Lipinski definition) is 4. The van der Waals surface area contributed by atoms with Gasteiger partial charge in [0, 0.05) is 36.1 Å². The summed E-state index contributed by atoms with van der Waals surface area (Å²) in [5, 5.41) is 10.5. The normalized spacial score (nSPS) is 17.4.